The summed E-state index contributed by atoms with van der Waals surface area (Å²) in [6.07, 6.45) is 9.04. The lowest BCUT2D eigenvalue weighted by Crippen LogP contribution is -2.48. The summed E-state index contributed by atoms with van der Waals surface area (Å²) in [5.41, 5.74) is 2.82. The number of ether oxygens (including phenoxy) is 1. The predicted octanol–water partition coefficient (Wildman–Crippen LogP) is 3.92. The Hall–Kier alpha value is -2.37. The zero-order chi connectivity index (χ0) is 18.5. The standard InChI is InChI=1S/C20H25N3O3/c1-12-17(22-18(26-12)14-10-21-23(4)11-14)19(24)25-8-7-13-5-6-15-9-16(13)20(15,2)3/h5,10-11,15-16H,6-9H2,1-4H3/t15-,16-/m0/s1. The third kappa shape index (κ3) is 2.77. The van der Waals surface area contributed by atoms with Crippen molar-refractivity contribution in [3.63, 3.8) is 0 Å². The Morgan fingerprint density at radius 3 is 2.92 bits per heavy atom. The Bertz CT molecular complexity index is 875. The number of nitrogens with zero attached hydrogens (tertiary/aromatic N) is 3. The molecule has 0 N–H and O–H groups in total. The van der Waals surface area contributed by atoms with Crippen LogP contribution in [0.1, 0.15) is 49.4 Å². The number of hydrogen-bond donors (Lipinski definition) is 0. The van der Waals surface area contributed by atoms with E-state index in [0.29, 0.717) is 29.6 Å². The Kier molecular flexibility index (Phi) is 4.01. The van der Waals surface area contributed by atoms with Crippen LogP contribution in [-0.2, 0) is 11.8 Å². The molecular weight excluding hydrogens is 330 g/mol. The van der Waals surface area contributed by atoms with Crippen molar-refractivity contribution in [2.45, 2.75) is 40.0 Å². The highest BCUT2D eigenvalue weighted by Gasteiger charge is 2.50. The Balaban J connectivity index is 1.37. The van der Waals surface area contributed by atoms with Gasteiger partial charge in [0, 0.05) is 19.7 Å². The summed E-state index contributed by atoms with van der Waals surface area (Å²) >= 11 is 0. The second-order valence-corrected chi connectivity index (χ2v) is 8.03. The van der Waals surface area contributed by atoms with E-state index >= 15 is 0 Å². The summed E-state index contributed by atoms with van der Waals surface area (Å²) in [4.78, 5) is 16.7. The second kappa shape index (κ2) is 6.11. The fourth-order valence-electron chi connectivity index (χ4n) is 4.33. The van der Waals surface area contributed by atoms with E-state index in [1.165, 1.54) is 12.0 Å². The lowest BCUT2D eigenvalue weighted by atomic mass is 9.48. The molecule has 0 aliphatic heterocycles. The summed E-state index contributed by atoms with van der Waals surface area (Å²) in [6.45, 7) is 6.81. The number of aryl methyl sites for hydroxylation is 2. The summed E-state index contributed by atoms with van der Waals surface area (Å²) in [5.74, 6) is 1.89. The van der Waals surface area contributed by atoms with E-state index in [2.05, 4.69) is 30.0 Å². The van der Waals surface area contributed by atoms with E-state index in [4.69, 9.17) is 9.15 Å². The van der Waals surface area contributed by atoms with Crippen molar-refractivity contribution in [3.05, 3.63) is 35.5 Å². The van der Waals surface area contributed by atoms with Gasteiger partial charge in [-0.2, -0.15) is 5.10 Å². The van der Waals surface area contributed by atoms with Gasteiger partial charge in [0.15, 0.2) is 5.69 Å². The van der Waals surface area contributed by atoms with Crippen LogP contribution in [0.3, 0.4) is 0 Å². The molecule has 1 fully saturated rings. The lowest BCUT2D eigenvalue weighted by molar-refractivity contribution is -0.0103. The largest absolute Gasteiger partial charge is 0.461 e. The first-order valence-corrected chi connectivity index (χ1v) is 9.18. The Morgan fingerprint density at radius 1 is 1.46 bits per heavy atom. The highest BCUT2D eigenvalue weighted by atomic mass is 16.5. The third-order valence-electron chi connectivity index (χ3n) is 6.15. The van der Waals surface area contributed by atoms with Crippen LogP contribution in [0.4, 0.5) is 0 Å². The predicted molar refractivity (Wildman–Crippen MR) is 96.4 cm³/mol. The van der Waals surface area contributed by atoms with Gasteiger partial charge in [-0.3, -0.25) is 4.68 Å². The van der Waals surface area contributed by atoms with Crippen molar-refractivity contribution < 1.29 is 13.9 Å². The second-order valence-electron chi connectivity index (χ2n) is 8.03. The van der Waals surface area contributed by atoms with Gasteiger partial charge in [0.25, 0.3) is 0 Å². The molecule has 1 saturated carbocycles. The van der Waals surface area contributed by atoms with E-state index in [1.54, 1.807) is 24.0 Å². The monoisotopic (exact) mass is 355 g/mol. The average Bonchev–Trinajstić information content (AvgIpc) is 3.20. The van der Waals surface area contributed by atoms with Crippen LogP contribution in [-0.4, -0.2) is 27.3 Å². The smallest absolute Gasteiger partial charge is 0.360 e. The topological polar surface area (TPSA) is 70.2 Å². The number of aromatic nitrogens is 3. The molecule has 2 aromatic heterocycles. The maximum Gasteiger partial charge on any atom is 0.360 e. The van der Waals surface area contributed by atoms with Crippen molar-refractivity contribution in [2.24, 2.45) is 24.3 Å². The first kappa shape index (κ1) is 17.1. The van der Waals surface area contributed by atoms with Crippen molar-refractivity contribution in [3.8, 4) is 11.5 Å². The molecule has 2 bridgehead atoms. The maximum absolute atomic E-state index is 12.4. The van der Waals surface area contributed by atoms with Crippen LogP contribution < -0.4 is 0 Å². The maximum atomic E-state index is 12.4. The summed E-state index contributed by atoms with van der Waals surface area (Å²) in [6, 6.07) is 0. The molecule has 0 saturated heterocycles. The highest BCUT2D eigenvalue weighted by molar-refractivity contribution is 5.88. The fourth-order valence-corrected chi connectivity index (χ4v) is 4.33. The summed E-state index contributed by atoms with van der Waals surface area (Å²) < 4.78 is 12.7. The molecule has 0 amide bonds. The van der Waals surface area contributed by atoms with Crippen molar-refractivity contribution in [1.29, 1.82) is 0 Å². The van der Waals surface area contributed by atoms with E-state index in [-0.39, 0.29) is 5.69 Å². The number of oxazole rings is 1. The lowest BCUT2D eigenvalue weighted by Gasteiger charge is -2.56. The zero-order valence-corrected chi connectivity index (χ0v) is 15.8. The van der Waals surface area contributed by atoms with Gasteiger partial charge in [-0.05, 0) is 37.0 Å². The van der Waals surface area contributed by atoms with Gasteiger partial charge in [-0.15, -0.1) is 0 Å². The molecule has 0 aromatic carbocycles. The van der Waals surface area contributed by atoms with E-state index < -0.39 is 5.97 Å². The molecule has 2 aromatic rings. The summed E-state index contributed by atoms with van der Waals surface area (Å²) in [5, 5.41) is 4.09. The molecule has 2 atom stereocenters. The molecule has 3 aliphatic rings. The van der Waals surface area contributed by atoms with E-state index in [9.17, 15) is 4.79 Å². The minimum Gasteiger partial charge on any atom is -0.461 e. The molecule has 26 heavy (non-hydrogen) atoms. The molecule has 0 spiro atoms. The molecule has 6 heteroatoms. The van der Waals surface area contributed by atoms with Gasteiger partial charge in [0.05, 0.1) is 18.4 Å². The molecule has 3 aliphatic carbocycles. The van der Waals surface area contributed by atoms with Crippen molar-refractivity contribution >= 4 is 5.97 Å². The number of carbonyl (C=O) groups excluding carboxylic acids is 1. The normalized spacial score (nSPS) is 23.3. The first-order valence-electron chi connectivity index (χ1n) is 9.18. The van der Waals surface area contributed by atoms with Crippen LogP contribution in [0.5, 0.6) is 0 Å². The van der Waals surface area contributed by atoms with Crippen LogP contribution in [0, 0.1) is 24.2 Å². The number of rotatable bonds is 5. The molecule has 138 valence electrons. The third-order valence-corrected chi connectivity index (χ3v) is 6.15. The molecule has 0 radical (unpaired) electrons. The first-order chi connectivity index (χ1) is 12.4. The van der Waals surface area contributed by atoms with E-state index in [0.717, 1.165) is 24.3 Å². The number of allylic oxidation sites excluding steroid dienone is 1. The number of esters is 1. The van der Waals surface area contributed by atoms with Crippen LogP contribution in [0.15, 0.2) is 28.5 Å². The van der Waals surface area contributed by atoms with Gasteiger partial charge in [0.1, 0.15) is 5.76 Å². The molecule has 2 heterocycles. The average molecular weight is 355 g/mol. The van der Waals surface area contributed by atoms with Crippen molar-refractivity contribution in [2.75, 3.05) is 6.61 Å². The van der Waals surface area contributed by atoms with Gasteiger partial charge in [0.2, 0.25) is 5.89 Å². The van der Waals surface area contributed by atoms with Crippen molar-refractivity contribution in [1.82, 2.24) is 14.8 Å². The van der Waals surface area contributed by atoms with Crippen LogP contribution >= 0.6 is 0 Å². The summed E-state index contributed by atoms with van der Waals surface area (Å²) in [7, 11) is 1.82. The number of fused-ring (bicyclic) bond motifs is 1. The number of carbonyl (C=O) groups is 1. The quantitative estimate of drug-likeness (QED) is 0.600. The molecule has 6 nitrogen and oxygen atoms in total. The molecule has 0 unspecified atom stereocenters. The zero-order valence-electron chi connectivity index (χ0n) is 15.8. The highest BCUT2D eigenvalue weighted by Crippen LogP contribution is 2.59. The molecule has 5 rings (SSSR count). The minimum atomic E-state index is -0.427. The Labute approximate surface area is 153 Å². The van der Waals surface area contributed by atoms with Crippen LogP contribution in [0.25, 0.3) is 11.5 Å². The molecular formula is C20H25N3O3. The fraction of sp³-hybridized carbons (Fsp3) is 0.550. The number of hydrogen-bond acceptors (Lipinski definition) is 5. The van der Waals surface area contributed by atoms with Gasteiger partial charge in [-0.25, -0.2) is 9.78 Å². The van der Waals surface area contributed by atoms with E-state index in [1.807, 2.05) is 7.05 Å². The van der Waals surface area contributed by atoms with Gasteiger partial charge in [-0.1, -0.05) is 25.5 Å². The van der Waals surface area contributed by atoms with Crippen LogP contribution in [0.2, 0.25) is 0 Å². The Morgan fingerprint density at radius 2 is 2.27 bits per heavy atom. The van der Waals surface area contributed by atoms with Gasteiger partial charge < -0.3 is 9.15 Å². The van der Waals surface area contributed by atoms with Gasteiger partial charge >= 0.3 is 5.97 Å². The minimum absolute atomic E-state index is 0.241. The SMILES string of the molecule is Cc1oc(-c2cnn(C)c2)nc1C(=O)OCCC1=CC[C@H]2C[C@@H]1C2(C)C.